The maximum absolute atomic E-state index is 3.68. The summed E-state index contributed by atoms with van der Waals surface area (Å²) in [5.41, 5.74) is 3.11. The van der Waals surface area contributed by atoms with Gasteiger partial charge in [-0.3, -0.25) is 0 Å². The molecule has 0 aliphatic heterocycles. The van der Waals surface area contributed by atoms with Crippen LogP contribution in [0.1, 0.15) is 24.0 Å². The molecule has 2 heteroatoms. The molecule has 0 fully saturated rings. The Morgan fingerprint density at radius 3 is 2.94 bits per heavy atom. The number of aryl methyl sites for hydroxylation is 1. The molecule has 1 aromatic carbocycles. The molecule has 0 saturated carbocycles. The van der Waals surface area contributed by atoms with E-state index in [2.05, 4.69) is 35.8 Å². The van der Waals surface area contributed by atoms with Gasteiger partial charge in [-0.25, -0.2) is 0 Å². The quantitative estimate of drug-likeness (QED) is 0.788. The molecule has 1 aliphatic rings. The van der Waals surface area contributed by atoms with Crippen molar-refractivity contribution >= 4 is 11.8 Å². The van der Waals surface area contributed by atoms with Crippen LogP contribution in [0.15, 0.2) is 24.3 Å². The van der Waals surface area contributed by atoms with E-state index in [1.54, 1.807) is 11.1 Å². The fourth-order valence-electron chi connectivity index (χ4n) is 2.39. The second kappa shape index (κ2) is 6.31. The standard InChI is InChI=1S/C14H21NS/c1-16-10-4-9-15-14-8-7-12-5-2-3-6-13(12)11-14/h2-3,5-6,14-15H,4,7-11H2,1H3. The molecule has 16 heavy (non-hydrogen) atoms. The molecule has 1 atom stereocenters. The molecule has 1 unspecified atom stereocenters. The smallest absolute Gasteiger partial charge is 0.0111 e. The van der Waals surface area contributed by atoms with Gasteiger partial charge in [0.1, 0.15) is 0 Å². The van der Waals surface area contributed by atoms with E-state index in [-0.39, 0.29) is 0 Å². The van der Waals surface area contributed by atoms with E-state index in [4.69, 9.17) is 0 Å². The third kappa shape index (κ3) is 3.26. The van der Waals surface area contributed by atoms with E-state index in [1.165, 1.54) is 38.0 Å². The van der Waals surface area contributed by atoms with Crippen molar-refractivity contribution in [3.63, 3.8) is 0 Å². The van der Waals surface area contributed by atoms with Crippen LogP contribution in [0, 0.1) is 0 Å². The lowest BCUT2D eigenvalue weighted by molar-refractivity contribution is 0.460. The van der Waals surface area contributed by atoms with E-state index < -0.39 is 0 Å². The monoisotopic (exact) mass is 235 g/mol. The van der Waals surface area contributed by atoms with Gasteiger partial charge in [0, 0.05) is 6.04 Å². The number of nitrogens with one attached hydrogen (secondary N) is 1. The Morgan fingerprint density at radius 2 is 2.12 bits per heavy atom. The highest BCUT2D eigenvalue weighted by Crippen LogP contribution is 2.20. The van der Waals surface area contributed by atoms with Crippen LogP contribution < -0.4 is 5.32 Å². The van der Waals surface area contributed by atoms with Crippen molar-refractivity contribution in [2.24, 2.45) is 0 Å². The van der Waals surface area contributed by atoms with Gasteiger partial charge < -0.3 is 5.32 Å². The number of thioether (sulfide) groups is 1. The Bertz CT molecular complexity index is 324. The van der Waals surface area contributed by atoms with Crippen molar-refractivity contribution in [2.45, 2.75) is 31.7 Å². The second-order valence-electron chi connectivity index (χ2n) is 4.51. The summed E-state index contributed by atoms with van der Waals surface area (Å²) >= 11 is 1.94. The molecule has 0 radical (unpaired) electrons. The second-order valence-corrected chi connectivity index (χ2v) is 5.49. The van der Waals surface area contributed by atoms with Gasteiger partial charge in [-0.2, -0.15) is 11.8 Å². The molecule has 88 valence electrons. The van der Waals surface area contributed by atoms with E-state index in [9.17, 15) is 0 Å². The summed E-state index contributed by atoms with van der Waals surface area (Å²) in [6, 6.07) is 9.58. The highest BCUT2D eigenvalue weighted by Gasteiger charge is 2.16. The zero-order chi connectivity index (χ0) is 11.2. The zero-order valence-electron chi connectivity index (χ0n) is 10.0. The summed E-state index contributed by atoms with van der Waals surface area (Å²) in [5, 5.41) is 3.68. The lowest BCUT2D eigenvalue weighted by Crippen LogP contribution is -2.35. The molecule has 1 nitrogen and oxygen atoms in total. The molecule has 1 aromatic rings. The SMILES string of the molecule is CSCCCNC1CCc2ccccc2C1. The Balaban J connectivity index is 1.79. The van der Waals surface area contributed by atoms with Crippen LogP contribution in [-0.4, -0.2) is 24.6 Å². The molecule has 0 aromatic heterocycles. The summed E-state index contributed by atoms with van der Waals surface area (Å²) in [5.74, 6) is 1.27. The van der Waals surface area contributed by atoms with Crippen LogP contribution in [-0.2, 0) is 12.8 Å². The summed E-state index contributed by atoms with van der Waals surface area (Å²) in [4.78, 5) is 0. The Morgan fingerprint density at radius 1 is 1.31 bits per heavy atom. The van der Waals surface area contributed by atoms with Crippen molar-refractivity contribution in [1.29, 1.82) is 0 Å². The summed E-state index contributed by atoms with van der Waals surface area (Å²) in [6.45, 7) is 1.17. The van der Waals surface area contributed by atoms with Crippen LogP contribution in [0.25, 0.3) is 0 Å². The first-order valence-corrected chi connectivity index (χ1v) is 7.58. The first kappa shape index (κ1) is 12.0. The van der Waals surface area contributed by atoms with Gasteiger partial charge in [0.2, 0.25) is 0 Å². The molecular weight excluding hydrogens is 214 g/mol. The minimum atomic E-state index is 0.705. The summed E-state index contributed by atoms with van der Waals surface area (Å²) < 4.78 is 0. The van der Waals surface area contributed by atoms with E-state index >= 15 is 0 Å². The number of rotatable bonds is 5. The van der Waals surface area contributed by atoms with Crippen LogP contribution >= 0.6 is 11.8 Å². The van der Waals surface area contributed by atoms with Gasteiger partial charge in [-0.15, -0.1) is 0 Å². The topological polar surface area (TPSA) is 12.0 Å². The van der Waals surface area contributed by atoms with Crippen LogP contribution in [0.4, 0.5) is 0 Å². The van der Waals surface area contributed by atoms with E-state index in [0.717, 1.165) is 0 Å². The van der Waals surface area contributed by atoms with E-state index in [1.807, 2.05) is 11.8 Å². The highest BCUT2D eigenvalue weighted by atomic mass is 32.2. The molecule has 0 spiro atoms. The van der Waals surface area contributed by atoms with Gasteiger partial charge in [0.25, 0.3) is 0 Å². The fraction of sp³-hybridized carbons (Fsp3) is 0.571. The molecule has 0 heterocycles. The zero-order valence-corrected chi connectivity index (χ0v) is 10.9. The molecule has 1 aliphatic carbocycles. The summed E-state index contributed by atoms with van der Waals surface area (Å²) in [7, 11) is 0. The third-order valence-corrected chi connectivity index (χ3v) is 4.00. The molecular formula is C14H21NS. The van der Waals surface area contributed by atoms with Crippen molar-refractivity contribution in [1.82, 2.24) is 5.32 Å². The van der Waals surface area contributed by atoms with Crippen LogP contribution in [0.5, 0.6) is 0 Å². The largest absolute Gasteiger partial charge is 0.314 e. The van der Waals surface area contributed by atoms with Gasteiger partial charge in [0.05, 0.1) is 0 Å². The Hall–Kier alpha value is -0.470. The van der Waals surface area contributed by atoms with Crippen molar-refractivity contribution in [3.8, 4) is 0 Å². The fourth-order valence-corrected chi connectivity index (χ4v) is 2.83. The average Bonchev–Trinajstić information content (AvgIpc) is 2.34. The van der Waals surface area contributed by atoms with Gasteiger partial charge in [-0.05, 0) is 55.4 Å². The number of hydrogen-bond donors (Lipinski definition) is 1. The van der Waals surface area contributed by atoms with Crippen molar-refractivity contribution < 1.29 is 0 Å². The van der Waals surface area contributed by atoms with Crippen LogP contribution in [0.2, 0.25) is 0 Å². The predicted molar refractivity (Wildman–Crippen MR) is 73.3 cm³/mol. The minimum Gasteiger partial charge on any atom is -0.314 e. The van der Waals surface area contributed by atoms with Gasteiger partial charge in [-0.1, -0.05) is 24.3 Å². The predicted octanol–water partition coefficient (Wildman–Crippen LogP) is 2.89. The van der Waals surface area contributed by atoms with Crippen molar-refractivity contribution in [2.75, 3.05) is 18.6 Å². The van der Waals surface area contributed by atoms with Crippen molar-refractivity contribution in [3.05, 3.63) is 35.4 Å². The molecule has 0 bridgehead atoms. The lowest BCUT2D eigenvalue weighted by Gasteiger charge is -2.25. The lowest BCUT2D eigenvalue weighted by atomic mass is 9.88. The minimum absolute atomic E-state index is 0.705. The maximum Gasteiger partial charge on any atom is 0.0111 e. The Labute approximate surface area is 103 Å². The maximum atomic E-state index is 3.68. The summed E-state index contributed by atoms with van der Waals surface area (Å²) in [6.07, 6.45) is 7.23. The highest BCUT2D eigenvalue weighted by molar-refractivity contribution is 7.98. The molecule has 0 saturated heterocycles. The first-order valence-electron chi connectivity index (χ1n) is 6.19. The van der Waals surface area contributed by atoms with E-state index in [0.29, 0.717) is 6.04 Å². The molecule has 2 rings (SSSR count). The first-order chi connectivity index (χ1) is 7.90. The van der Waals surface area contributed by atoms with Crippen LogP contribution in [0.3, 0.4) is 0 Å². The van der Waals surface area contributed by atoms with Gasteiger partial charge >= 0.3 is 0 Å². The number of benzene rings is 1. The number of fused-ring (bicyclic) bond motifs is 1. The average molecular weight is 235 g/mol. The normalized spacial score (nSPS) is 19.4. The third-order valence-electron chi connectivity index (χ3n) is 3.31. The van der Waals surface area contributed by atoms with Gasteiger partial charge in [0.15, 0.2) is 0 Å². The molecule has 1 N–H and O–H groups in total. The number of hydrogen-bond acceptors (Lipinski definition) is 2. The molecule has 0 amide bonds. The Kier molecular flexibility index (Phi) is 4.73.